The molecule has 0 rings (SSSR count). The number of allylic oxidation sites excluding steroid dienone is 7. The lowest BCUT2D eigenvalue weighted by atomic mass is 10.1. The lowest BCUT2D eigenvalue weighted by molar-refractivity contribution is -0.143. The predicted molar refractivity (Wildman–Crippen MR) is 245 cm³/mol. The van der Waals surface area contributed by atoms with Gasteiger partial charge in [0.1, 0.15) is 0 Å². The average molecular weight is 800 g/mol. The summed E-state index contributed by atoms with van der Waals surface area (Å²) in [6, 6.07) is -0.638. The Morgan fingerprint density at radius 1 is 0.491 bits per heavy atom. The van der Waals surface area contributed by atoms with Crippen molar-refractivity contribution in [3.63, 3.8) is 0 Å². The van der Waals surface area contributed by atoms with Crippen molar-refractivity contribution in [2.45, 2.75) is 251 Å². The molecule has 0 aromatic heterocycles. The van der Waals surface area contributed by atoms with Gasteiger partial charge in [0.15, 0.2) is 0 Å². The van der Waals surface area contributed by atoms with Crippen LogP contribution in [0.3, 0.4) is 0 Å². The molecule has 0 spiro atoms. The molecule has 0 heterocycles. The second-order valence-electron chi connectivity index (χ2n) is 16.4. The lowest BCUT2D eigenvalue weighted by Crippen LogP contribution is -2.45. The van der Waals surface area contributed by atoms with E-state index in [1.54, 1.807) is 6.08 Å². The first-order chi connectivity index (χ1) is 28.0. The van der Waals surface area contributed by atoms with Gasteiger partial charge in [0.25, 0.3) is 0 Å². The SMILES string of the molecule is CCCCCCC/C=C\CCCCCCCC(=O)OCCCCC/C=C\C/C=C\CCCCCCCCCC(=O)NC(CO)C(O)/C=C/CCCCCCCCC. The quantitative estimate of drug-likeness (QED) is 0.0324. The van der Waals surface area contributed by atoms with Gasteiger partial charge in [0.05, 0.1) is 25.4 Å². The molecule has 6 nitrogen and oxygen atoms in total. The van der Waals surface area contributed by atoms with Gasteiger partial charge in [-0.2, -0.15) is 0 Å². The van der Waals surface area contributed by atoms with Crippen LogP contribution in [0.5, 0.6) is 0 Å². The van der Waals surface area contributed by atoms with Crippen LogP contribution in [0.25, 0.3) is 0 Å². The molecular formula is C51H93NO5. The molecular weight excluding hydrogens is 707 g/mol. The van der Waals surface area contributed by atoms with E-state index in [0.717, 1.165) is 83.5 Å². The van der Waals surface area contributed by atoms with Gasteiger partial charge in [-0.15, -0.1) is 0 Å². The minimum absolute atomic E-state index is 0.0264. The summed E-state index contributed by atoms with van der Waals surface area (Å²) in [5.74, 6) is -0.115. The second kappa shape index (κ2) is 46.5. The number of aliphatic hydroxyl groups excluding tert-OH is 2. The van der Waals surface area contributed by atoms with Crippen LogP contribution in [0.2, 0.25) is 0 Å². The van der Waals surface area contributed by atoms with Crippen LogP contribution in [-0.2, 0) is 14.3 Å². The molecule has 0 aromatic carbocycles. The molecule has 0 fully saturated rings. The lowest BCUT2D eigenvalue weighted by Gasteiger charge is -2.20. The zero-order valence-electron chi connectivity index (χ0n) is 37.6. The number of hydrogen-bond acceptors (Lipinski definition) is 5. The first kappa shape index (κ1) is 54.8. The van der Waals surface area contributed by atoms with Gasteiger partial charge in [0, 0.05) is 12.8 Å². The third-order valence-corrected chi connectivity index (χ3v) is 10.8. The van der Waals surface area contributed by atoms with E-state index in [0.29, 0.717) is 19.4 Å². The van der Waals surface area contributed by atoms with Gasteiger partial charge in [0.2, 0.25) is 5.91 Å². The van der Waals surface area contributed by atoms with Gasteiger partial charge in [-0.1, -0.05) is 178 Å². The standard InChI is InChI=1S/C51H93NO5/c1-3-5-7-9-11-13-14-15-22-25-29-33-37-41-45-51(56)57-46-42-38-34-30-26-23-20-18-16-17-19-21-24-28-32-36-40-44-50(55)52-48(47-53)49(54)43-39-35-31-27-12-10-8-6-4-2/h14-16,18,23,26,39,43,48-49,53-54H,3-13,17,19-22,24-25,27-38,40-42,44-47H2,1-2H3,(H,52,55)/b15-14-,18-16-,26-23-,43-39+. The van der Waals surface area contributed by atoms with Crippen LogP contribution in [0.15, 0.2) is 48.6 Å². The number of aliphatic hydroxyl groups is 2. The highest BCUT2D eigenvalue weighted by Gasteiger charge is 2.18. The monoisotopic (exact) mass is 800 g/mol. The molecule has 2 atom stereocenters. The second-order valence-corrected chi connectivity index (χ2v) is 16.4. The van der Waals surface area contributed by atoms with E-state index in [1.165, 1.54) is 128 Å². The maximum atomic E-state index is 12.3. The summed E-state index contributed by atoms with van der Waals surface area (Å²) in [7, 11) is 0. The minimum Gasteiger partial charge on any atom is -0.466 e. The summed E-state index contributed by atoms with van der Waals surface area (Å²) in [6.07, 6.45) is 56.8. The van der Waals surface area contributed by atoms with Crippen molar-refractivity contribution in [2.75, 3.05) is 13.2 Å². The number of hydrogen-bond donors (Lipinski definition) is 3. The van der Waals surface area contributed by atoms with E-state index in [9.17, 15) is 19.8 Å². The Bertz CT molecular complexity index is 973. The van der Waals surface area contributed by atoms with Crippen LogP contribution in [-0.4, -0.2) is 47.4 Å². The normalized spacial score (nSPS) is 13.1. The van der Waals surface area contributed by atoms with Crippen molar-refractivity contribution in [3.8, 4) is 0 Å². The van der Waals surface area contributed by atoms with E-state index in [-0.39, 0.29) is 18.5 Å². The van der Waals surface area contributed by atoms with Crippen LogP contribution < -0.4 is 5.32 Å². The molecule has 0 bridgehead atoms. The van der Waals surface area contributed by atoms with Crippen molar-refractivity contribution in [1.82, 2.24) is 5.32 Å². The fraction of sp³-hybridized carbons (Fsp3) is 0.804. The van der Waals surface area contributed by atoms with E-state index < -0.39 is 12.1 Å². The highest BCUT2D eigenvalue weighted by Crippen LogP contribution is 2.13. The maximum Gasteiger partial charge on any atom is 0.305 e. The number of esters is 1. The Balaban J connectivity index is 3.52. The van der Waals surface area contributed by atoms with Crippen molar-refractivity contribution < 1.29 is 24.5 Å². The summed E-state index contributed by atoms with van der Waals surface area (Å²) in [6.45, 7) is 4.80. The topological polar surface area (TPSA) is 95.9 Å². The first-order valence-corrected chi connectivity index (χ1v) is 24.4. The van der Waals surface area contributed by atoms with Gasteiger partial charge >= 0.3 is 5.97 Å². The number of nitrogens with one attached hydrogen (secondary N) is 1. The maximum absolute atomic E-state index is 12.3. The molecule has 0 radical (unpaired) electrons. The molecule has 6 heteroatoms. The molecule has 0 aromatic rings. The molecule has 0 aliphatic heterocycles. The number of unbranched alkanes of at least 4 members (excludes halogenated alkanes) is 27. The zero-order chi connectivity index (χ0) is 41.5. The third kappa shape index (κ3) is 43.2. The predicted octanol–water partition coefficient (Wildman–Crippen LogP) is 14.3. The van der Waals surface area contributed by atoms with Gasteiger partial charge < -0.3 is 20.3 Å². The van der Waals surface area contributed by atoms with Crippen LogP contribution in [0.1, 0.15) is 239 Å². The van der Waals surface area contributed by atoms with E-state index >= 15 is 0 Å². The fourth-order valence-electron chi connectivity index (χ4n) is 7.01. The summed E-state index contributed by atoms with van der Waals surface area (Å²) in [5.41, 5.74) is 0. The smallest absolute Gasteiger partial charge is 0.305 e. The van der Waals surface area contributed by atoms with Gasteiger partial charge in [-0.3, -0.25) is 9.59 Å². The number of carbonyl (C=O) groups is 2. The summed E-state index contributed by atoms with van der Waals surface area (Å²) in [5, 5.41) is 22.9. The first-order valence-electron chi connectivity index (χ1n) is 24.4. The largest absolute Gasteiger partial charge is 0.466 e. The molecule has 0 saturated heterocycles. The van der Waals surface area contributed by atoms with Crippen LogP contribution in [0, 0.1) is 0 Å². The third-order valence-electron chi connectivity index (χ3n) is 10.8. The fourth-order valence-corrected chi connectivity index (χ4v) is 7.01. The Morgan fingerprint density at radius 3 is 1.35 bits per heavy atom. The Kier molecular flexibility index (Phi) is 44.7. The Labute approximate surface area is 353 Å². The summed E-state index contributed by atoms with van der Waals surface area (Å²) >= 11 is 0. The van der Waals surface area contributed by atoms with Crippen molar-refractivity contribution in [1.29, 1.82) is 0 Å². The molecule has 3 N–H and O–H groups in total. The van der Waals surface area contributed by atoms with Crippen molar-refractivity contribution in [2.24, 2.45) is 0 Å². The average Bonchev–Trinajstić information content (AvgIpc) is 3.21. The van der Waals surface area contributed by atoms with E-state index in [4.69, 9.17) is 4.74 Å². The molecule has 0 aliphatic carbocycles. The summed E-state index contributed by atoms with van der Waals surface area (Å²) < 4.78 is 5.43. The molecule has 57 heavy (non-hydrogen) atoms. The zero-order valence-corrected chi connectivity index (χ0v) is 37.6. The number of amides is 1. The van der Waals surface area contributed by atoms with E-state index in [1.807, 2.05) is 6.08 Å². The van der Waals surface area contributed by atoms with E-state index in [2.05, 4.69) is 55.6 Å². The molecule has 0 aliphatic rings. The molecule has 2 unspecified atom stereocenters. The summed E-state index contributed by atoms with van der Waals surface area (Å²) in [4.78, 5) is 24.3. The number of ether oxygens (including phenoxy) is 1. The van der Waals surface area contributed by atoms with Crippen LogP contribution >= 0.6 is 0 Å². The van der Waals surface area contributed by atoms with Crippen molar-refractivity contribution >= 4 is 11.9 Å². The molecule has 332 valence electrons. The Morgan fingerprint density at radius 2 is 0.877 bits per heavy atom. The molecule has 0 saturated carbocycles. The number of rotatable bonds is 44. The highest BCUT2D eigenvalue weighted by atomic mass is 16.5. The molecule has 1 amide bonds. The highest BCUT2D eigenvalue weighted by molar-refractivity contribution is 5.76. The van der Waals surface area contributed by atoms with Crippen LogP contribution in [0.4, 0.5) is 0 Å². The van der Waals surface area contributed by atoms with Gasteiger partial charge in [-0.25, -0.2) is 0 Å². The van der Waals surface area contributed by atoms with Gasteiger partial charge in [-0.05, 0) is 96.3 Å². The Hall–Kier alpha value is -2.18. The number of carbonyl (C=O) groups excluding carboxylic acids is 2. The van der Waals surface area contributed by atoms with Crippen molar-refractivity contribution in [3.05, 3.63) is 48.6 Å². The minimum atomic E-state index is -0.853.